The highest BCUT2D eigenvalue weighted by Crippen LogP contribution is 2.17. The molecule has 1 atom stereocenters. The quantitative estimate of drug-likeness (QED) is 0.716. The Balaban J connectivity index is 1.56. The van der Waals surface area contributed by atoms with E-state index in [1.165, 1.54) is 6.26 Å². The van der Waals surface area contributed by atoms with Crippen LogP contribution in [0.4, 0.5) is 0 Å². The maximum atomic E-state index is 12.7. The van der Waals surface area contributed by atoms with Crippen LogP contribution in [-0.4, -0.2) is 49.7 Å². The van der Waals surface area contributed by atoms with Crippen molar-refractivity contribution in [2.24, 2.45) is 5.92 Å². The smallest absolute Gasteiger partial charge is 0.287 e. The number of amides is 1. The third-order valence-corrected chi connectivity index (χ3v) is 4.89. The number of hydrogen-bond acceptors (Lipinski definition) is 5. The summed E-state index contributed by atoms with van der Waals surface area (Å²) in [5.41, 5.74) is 0.744. The molecular weight excluding hydrogens is 356 g/mol. The fourth-order valence-electron chi connectivity index (χ4n) is 3.47. The minimum Gasteiger partial charge on any atom is -0.489 e. The summed E-state index contributed by atoms with van der Waals surface area (Å²) in [5.74, 6) is 1.45. The molecular formula is C22H30N2O4. The third kappa shape index (κ3) is 5.84. The molecule has 3 rings (SSSR count). The Bertz CT molecular complexity index is 723. The van der Waals surface area contributed by atoms with Gasteiger partial charge in [0.05, 0.1) is 19.5 Å². The van der Waals surface area contributed by atoms with E-state index in [4.69, 9.17) is 13.9 Å². The van der Waals surface area contributed by atoms with Gasteiger partial charge in [-0.05, 0) is 30.5 Å². The van der Waals surface area contributed by atoms with Crippen LogP contribution in [-0.2, 0) is 11.3 Å². The van der Waals surface area contributed by atoms with Crippen LogP contribution in [0.5, 0.6) is 5.75 Å². The van der Waals surface area contributed by atoms with Crippen molar-refractivity contribution in [1.29, 1.82) is 0 Å². The van der Waals surface area contributed by atoms with Gasteiger partial charge in [-0.3, -0.25) is 9.69 Å². The molecule has 28 heavy (non-hydrogen) atoms. The van der Waals surface area contributed by atoms with Gasteiger partial charge >= 0.3 is 0 Å². The summed E-state index contributed by atoms with van der Waals surface area (Å²) in [4.78, 5) is 15.1. The van der Waals surface area contributed by atoms with Gasteiger partial charge in [0, 0.05) is 31.2 Å². The number of carbonyl (C=O) groups excluding carboxylic acids is 1. The Hall–Kier alpha value is -2.31. The third-order valence-electron chi connectivity index (χ3n) is 4.89. The van der Waals surface area contributed by atoms with Crippen LogP contribution in [0.15, 0.2) is 47.1 Å². The summed E-state index contributed by atoms with van der Waals surface area (Å²) in [5, 5.41) is 3.06. The van der Waals surface area contributed by atoms with E-state index in [9.17, 15) is 4.79 Å². The molecule has 6 nitrogen and oxygen atoms in total. The molecule has 1 unspecified atom stereocenters. The van der Waals surface area contributed by atoms with Crippen molar-refractivity contribution in [3.63, 3.8) is 0 Å². The van der Waals surface area contributed by atoms with Gasteiger partial charge in [-0.2, -0.15) is 0 Å². The maximum absolute atomic E-state index is 12.7. The lowest BCUT2D eigenvalue weighted by molar-refractivity contribution is 0.0124. The van der Waals surface area contributed by atoms with E-state index in [-0.39, 0.29) is 5.91 Å². The van der Waals surface area contributed by atoms with Crippen molar-refractivity contribution in [3.05, 3.63) is 54.0 Å². The van der Waals surface area contributed by atoms with E-state index >= 15 is 0 Å². The highest BCUT2D eigenvalue weighted by atomic mass is 16.5. The van der Waals surface area contributed by atoms with E-state index in [1.807, 2.05) is 30.3 Å². The van der Waals surface area contributed by atoms with Gasteiger partial charge in [0.1, 0.15) is 12.4 Å². The molecule has 0 aliphatic carbocycles. The van der Waals surface area contributed by atoms with Crippen LogP contribution >= 0.6 is 0 Å². The Labute approximate surface area is 166 Å². The summed E-state index contributed by atoms with van der Waals surface area (Å²) in [6.45, 7) is 8.62. The van der Waals surface area contributed by atoms with Crippen molar-refractivity contribution < 1.29 is 18.7 Å². The zero-order valence-electron chi connectivity index (χ0n) is 16.7. The number of rotatable bonds is 9. The maximum Gasteiger partial charge on any atom is 0.287 e. The molecule has 0 bridgehead atoms. The molecule has 0 spiro atoms. The predicted octanol–water partition coefficient (Wildman–Crippen LogP) is 3.34. The molecule has 1 aliphatic rings. The van der Waals surface area contributed by atoms with Gasteiger partial charge in [0.2, 0.25) is 0 Å². The molecule has 152 valence electrons. The summed E-state index contributed by atoms with van der Waals surface area (Å²) >= 11 is 0. The number of hydrogen-bond donors (Lipinski definition) is 1. The number of benzene rings is 1. The van der Waals surface area contributed by atoms with E-state index in [2.05, 4.69) is 24.1 Å². The summed E-state index contributed by atoms with van der Waals surface area (Å²) in [7, 11) is 0. The summed E-state index contributed by atoms with van der Waals surface area (Å²) in [6.07, 6.45) is 2.56. The number of ether oxygens (including phenoxy) is 2. The molecule has 2 aromatic rings. The van der Waals surface area contributed by atoms with E-state index in [1.54, 1.807) is 6.07 Å². The van der Waals surface area contributed by atoms with E-state index in [0.29, 0.717) is 30.9 Å². The number of carbonyl (C=O) groups is 1. The SMILES string of the molecule is CC(C)CC(CNC(=O)c1occc1COc1ccccc1)N1CCOCC1. The Morgan fingerprint density at radius 1 is 1.18 bits per heavy atom. The fraction of sp³-hybridized carbons (Fsp3) is 0.500. The molecule has 1 fully saturated rings. The Morgan fingerprint density at radius 2 is 1.93 bits per heavy atom. The molecule has 0 saturated carbocycles. The normalized spacial score (nSPS) is 16.1. The molecule has 6 heteroatoms. The van der Waals surface area contributed by atoms with Crippen LogP contribution in [0.2, 0.25) is 0 Å². The lowest BCUT2D eigenvalue weighted by Crippen LogP contribution is -2.49. The number of morpholine rings is 1. The molecule has 0 radical (unpaired) electrons. The highest BCUT2D eigenvalue weighted by Gasteiger charge is 2.24. The predicted molar refractivity (Wildman–Crippen MR) is 107 cm³/mol. The standard InChI is InChI=1S/C22H30N2O4/c1-17(2)14-19(24-9-12-26-13-10-24)15-23-22(25)21-18(8-11-27-21)16-28-20-6-4-3-5-7-20/h3-8,11,17,19H,9-10,12-16H2,1-2H3,(H,23,25). The zero-order chi connectivity index (χ0) is 19.8. The lowest BCUT2D eigenvalue weighted by Gasteiger charge is -2.35. The van der Waals surface area contributed by atoms with Crippen molar-refractivity contribution in [3.8, 4) is 5.75 Å². The molecule has 1 aromatic heterocycles. The van der Waals surface area contributed by atoms with Gasteiger partial charge < -0.3 is 19.2 Å². The molecule has 1 aliphatic heterocycles. The van der Waals surface area contributed by atoms with Gasteiger partial charge in [-0.25, -0.2) is 0 Å². The van der Waals surface area contributed by atoms with Gasteiger partial charge in [0.15, 0.2) is 5.76 Å². The zero-order valence-corrected chi connectivity index (χ0v) is 16.7. The van der Waals surface area contributed by atoms with Gasteiger partial charge in [-0.15, -0.1) is 0 Å². The second kappa shape index (κ2) is 10.3. The van der Waals surface area contributed by atoms with Crippen molar-refractivity contribution in [1.82, 2.24) is 10.2 Å². The number of para-hydroxylation sites is 1. The highest BCUT2D eigenvalue weighted by molar-refractivity contribution is 5.92. The van der Waals surface area contributed by atoms with Crippen LogP contribution in [0, 0.1) is 5.92 Å². The van der Waals surface area contributed by atoms with Crippen LogP contribution < -0.4 is 10.1 Å². The topological polar surface area (TPSA) is 63.9 Å². The molecule has 2 heterocycles. The first kappa shape index (κ1) is 20.4. The first-order valence-electron chi connectivity index (χ1n) is 9.97. The van der Waals surface area contributed by atoms with Crippen molar-refractivity contribution >= 4 is 5.91 Å². The van der Waals surface area contributed by atoms with Gasteiger partial charge in [-0.1, -0.05) is 32.0 Å². The number of nitrogens with zero attached hydrogens (tertiary/aromatic N) is 1. The van der Waals surface area contributed by atoms with Crippen LogP contribution in [0.1, 0.15) is 36.4 Å². The lowest BCUT2D eigenvalue weighted by atomic mass is 10.0. The minimum absolute atomic E-state index is 0.196. The first-order chi connectivity index (χ1) is 13.6. The number of furan rings is 1. The minimum atomic E-state index is -0.196. The largest absolute Gasteiger partial charge is 0.489 e. The molecule has 1 saturated heterocycles. The van der Waals surface area contributed by atoms with Crippen molar-refractivity contribution in [2.75, 3.05) is 32.8 Å². The monoisotopic (exact) mass is 386 g/mol. The molecule has 1 N–H and O–H groups in total. The summed E-state index contributed by atoms with van der Waals surface area (Å²) < 4.78 is 16.7. The Morgan fingerprint density at radius 3 is 2.64 bits per heavy atom. The fourth-order valence-corrected chi connectivity index (χ4v) is 3.47. The Kier molecular flexibility index (Phi) is 7.51. The van der Waals surface area contributed by atoms with E-state index in [0.717, 1.165) is 44.0 Å². The average Bonchev–Trinajstić information content (AvgIpc) is 3.19. The van der Waals surface area contributed by atoms with Crippen LogP contribution in [0.25, 0.3) is 0 Å². The van der Waals surface area contributed by atoms with Crippen LogP contribution in [0.3, 0.4) is 0 Å². The molecule has 1 aromatic carbocycles. The summed E-state index contributed by atoms with van der Waals surface area (Å²) in [6, 6.07) is 11.6. The second-order valence-electron chi connectivity index (χ2n) is 7.52. The second-order valence-corrected chi connectivity index (χ2v) is 7.52. The van der Waals surface area contributed by atoms with Gasteiger partial charge in [0.25, 0.3) is 5.91 Å². The van der Waals surface area contributed by atoms with Crippen molar-refractivity contribution in [2.45, 2.75) is 32.9 Å². The molecule has 1 amide bonds. The average molecular weight is 386 g/mol. The van der Waals surface area contributed by atoms with E-state index < -0.39 is 0 Å². The number of nitrogens with one attached hydrogen (secondary N) is 1. The first-order valence-corrected chi connectivity index (χ1v) is 9.97.